The van der Waals surface area contributed by atoms with Gasteiger partial charge in [-0.2, -0.15) is 0 Å². The lowest BCUT2D eigenvalue weighted by molar-refractivity contribution is -0.150. The number of anilines is 2. The van der Waals surface area contributed by atoms with Crippen LogP contribution in [-0.2, 0) is 10.3 Å². The van der Waals surface area contributed by atoms with Gasteiger partial charge in [0.1, 0.15) is 6.33 Å². The molecule has 2 aromatic rings. The zero-order valence-electron chi connectivity index (χ0n) is 16.4. The molecule has 0 saturated heterocycles. The molecule has 1 aromatic carbocycles. The second-order valence-electron chi connectivity index (χ2n) is 9.32. The number of amides is 1. The zero-order valence-corrected chi connectivity index (χ0v) is 17.1. The molecule has 6 rings (SSSR count). The maximum Gasteiger partial charge on any atom is 0.242 e. The summed E-state index contributed by atoms with van der Waals surface area (Å²) in [5.41, 5.74) is 1.55. The Balaban J connectivity index is 1.42. The van der Waals surface area contributed by atoms with Crippen molar-refractivity contribution < 1.29 is 4.79 Å². The van der Waals surface area contributed by atoms with Crippen LogP contribution >= 0.6 is 11.6 Å². The van der Waals surface area contributed by atoms with E-state index in [-0.39, 0.29) is 22.1 Å². The van der Waals surface area contributed by atoms with Crippen LogP contribution in [0.15, 0.2) is 30.6 Å². The summed E-state index contributed by atoms with van der Waals surface area (Å²) in [5.74, 6) is 1.31. The Hall–Kier alpha value is -2.08. The van der Waals surface area contributed by atoms with Crippen LogP contribution in [0.3, 0.4) is 0 Å². The maximum absolute atomic E-state index is 13.5. The van der Waals surface area contributed by atoms with Crippen molar-refractivity contribution in [3.8, 4) is 0 Å². The summed E-state index contributed by atoms with van der Waals surface area (Å²) in [7, 11) is 4.03. The highest BCUT2D eigenvalue weighted by Gasteiger charge is 2.61. The van der Waals surface area contributed by atoms with Crippen LogP contribution in [-0.4, -0.2) is 34.8 Å². The SMILES string of the molecule is CN(C)c1ccc(NC(=O)C23C[C@@H]4C[C@@H](C2)CC(n2cnc(Cl)n2)(C4)C3)cc1. The van der Waals surface area contributed by atoms with Gasteiger partial charge in [0, 0.05) is 25.5 Å². The third-order valence-electron chi connectivity index (χ3n) is 7.10. The Kier molecular flexibility index (Phi) is 3.99. The van der Waals surface area contributed by atoms with Gasteiger partial charge in [-0.05, 0) is 86.2 Å². The molecule has 4 saturated carbocycles. The number of halogens is 1. The van der Waals surface area contributed by atoms with Gasteiger partial charge in [0.15, 0.2) is 0 Å². The van der Waals surface area contributed by atoms with Crippen LogP contribution in [0.25, 0.3) is 0 Å². The molecule has 4 fully saturated rings. The van der Waals surface area contributed by atoms with Crippen LogP contribution in [0.2, 0.25) is 5.28 Å². The summed E-state index contributed by atoms with van der Waals surface area (Å²) in [6, 6.07) is 8.05. The van der Waals surface area contributed by atoms with E-state index in [4.69, 9.17) is 11.6 Å². The highest BCUT2D eigenvalue weighted by molar-refractivity contribution is 6.28. The molecule has 148 valence electrons. The fourth-order valence-corrected chi connectivity index (χ4v) is 6.45. The smallest absolute Gasteiger partial charge is 0.242 e. The van der Waals surface area contributed by atoms with Crippen molar-refractivity contribution >= 4 is 28.9 Å². The zero-order chi connectivity index (χ0) is 19.5. The van der Waals surface area contributed by atoms with E-state index in [1.54, 1.807) is 6.33 Å². The Bertz CT molecular complexity index is 892. The second kappa shape index (κ2) is 6.21. The fraction of sp³-hybridized carbons (Fsp3) is 0.571. The molecular weight excluding hydrogens is 374 g/mol. The van der Waals surface area contributed by atoms with E-state index in [0.29, 0.717) is 11.8 Å². The Morgan fingerprint density at radius 1 is 1.18 bits per heavy atom. The number of aromatic nitrogens is 3. The van der Waals surface area contributed by atoms with Gasteiger partial charge in [-0.25, -0.2) is 9.67 Å². The minimum absolute atomic E-state index is 0.115. The lowest BCUT2D eigenvalue weighted by atomic mass is 9.46. The van der Waals surface area contributed by atoms with E-state index >= 15 is 0 Å². The summed E-state index contributed by atoms with van der Waals surface area (Å²) < 4.78 is 1.96. The quantitative estimate of drug-likeness (QED) is 0.846. The molecule has 1 aromatic heterocycles. The highest BCUT2D eigenvalue weighted by atomic mass is 35.5. The maximum atomic E-state index is 13.5. The number of hydrogen-bond acceptors (Lipinski definition) is 4. The average Bonchev–Trinajstić information content (AvgIpc) is 3.08. The van der Waals surface area contributed by atoms with E-state index < -0.39 is 0 Å². The summed E-state index contributed by atoms with van der Waals surface area (Å²) in [6.07, 6.45) is 7.93. The fourth-order valence-electron chi connectivity index (χ4n) is 6.33. The number of carbonyl (C=O) groups excluding carboxylic acids is 1. The van der Waals surface area contributed by atoms with Crippen molar-refractivity contribution in [1.29, 1.82) is 0 Å². The van der Waals surface area contributed by atoms with Crippen LogP contribution in [0, 0.1) is 17.3 Å². The lowest BCUT2D eigenvalue weighted by Crippen LogP contribution is -2.60. The standard InChI is InChI=1S/C21H26ClN5O/c1-26(2)17-5-3-16(4-6-17)24-18(28)20-8-14-7-15(9-20)11-21(10-14,12-20)27-13-23-19(22)25-27/h3-6,13-15H,7-12H2,1-2H3,(H,24,28)/t14-,15-,20?,21?/m0/s1. The minimum Gasteiger partial charge on any atom is -0.378 e. The normalized spacial score (nSPS) is 33.1. The first kappa shape index (κ1) is 18.0. The van der Waals surface area contributed by atoms with Crippen molar-refractivity contribution in [3.63, 3.8) is 0 Å². The van der Waals surface area contributed by atoms with E-state index in [1.807, 2.05) is 43.0 Å². The van der Waals surface area contributed by atoms with Crippen molar-refractivity contribution in [1.82, 2.24) is 14.8 Å². The first-order valence-corrected chi connectivity index (χ1v) is 10.4. The Morgan fingerprint density at radius 2 is 1.86 bits per heavy atom. The van der Waals surface area contributed by atoms with Crippen LogP contribution in [0.1, 0.15) is 38.5 Å². The Morgan fingerprint density at radius 3 is 2.43 bits per heavy atom. The first-order chi connectivity index (χ1) is 13.4. The molecule has 0 spiro atoms. The molecule has 1 heterocycles. The number of nitrogens with one attached hydrogen (secondary N) is 1. The van der Waals surface area contributed by atoms with E-state index in [2.05, 4.69) is 20.3 Å². The Labute approximate surface area is 170 Å². The van der Waals surface area contributed by atoms with Crippen molar-refractivity contribution in [2.45, 2.75) is 44.1 Å². The molecule has 0 radical (unpaired) electrons. The van der Waals surface area contributed by atoms with Gasteiger partial charge in [0.2, 0.25) is 11.2 Å². The molecule has 28 heavy (non-hydrogen) atoms. The third kappa shape index (κ3) is 2.81. The third-order valence-corrected chi connectivity index (χ3v) is 7.28. The van der Waals surface area contributed by atoms with Crippen LogP contribution < -0.4 is 10.2 Å². The molecule has 0 aliphatic heterocycles. The van der Waals surface area contributed by atoms with Crippen molar-refractivity contribution in [2.75, 3.05) is 24.3 Å². The molecular formula is C21H26ClN5O. The van der Waals surface area contributed by atoms with Gasteiger partial charge < -0.3 is 10.2 Å². The summed E-state index contributed by atoms with van der Waals surface area (Å²) in [6.45, 7) is 0. The molecule has 1 amide bonds. The average molecular weight is 400 g/mol. The van der Waals surface area contributed by atoms with Crippen molar-refractivity contribution in [2.24, 2.45) is 17.3 Å². The van der Waals surface area contributed by atoms with Gasteiger partial charge in [0.25, 0.3) is 0 Å². The van der Waals surface area contributed by atoms with Gasteiger partial charge in [-0.15, -0.1) is 5.10 Å². The van der Waals surface area contributed by atoms with Crippen LogP contribution in [0.5, 0.6) is 0 Å². The molecule has 4 aliphatic rings. The van der Waals surface area contributed by atoms with Crippen molar-refractivity contribution in [3.05, 3.63) is 35.9 Å². The molecule has 6 nitrogen and oxygen atoms in total. The van der Waals surface area contributed by atoms with Gasteiger partial charge in [-0.3, -0.25) is 4.79 Å². The second-order valence-corrected chi connectivity index (χ2v) is 9.66. The number of nitrogens with zero attached hydrogens (tertiary/aromatic N) is 4. The highest BCUT2D eigenvalue weighted by Crippen LogP contribution is 2.64. The molecule has 7 heteroatoms. The topological polar surface area (TPSA) is 63.1 Å². The summed E-state index contributed by atoms with van der Waals surface area (Å²) in [5, 5.41) is 7.93. The summed E-state index contributed by atoms with van der Waals surface area (Å²) in [4.78, 5) is 19.7. The predicted octanol–water partition coefficient (Wildman–Crippen LogP) is 3.93. The van der Waals surface area contributed by atoms with Gasteiger partial charge >= 0.3 is 0 Å². The number of benzene rings is 1. The van der Waals surface area contributed by atoms with E-state index in [1.165, 1.54) is 6.42 Å². The molecule has 0 unspecified atom stereocenters. The first-order valence-electron chi connectivity index (χ1n) is 10.0. The van der Waals surface area contributed by atoms with Gasteiger partial charge in [-0.1, -0.05) is 0 Å². The molecule has 4 aliphatic carbocycles. The lowest BCUT2D eigenvalue weighted by Gasteiger charge is -2.60. The largest absolute Gasteiger partial charge is 0.378 e. The summed E-state index contributed by atoms with van der Waals surface area (Å²) >= 11 is 6.01. The number of rotatable bonds is 4. The number of carbonyl (C=O) groups is 1. The van der Waals surface area contributed by atoms with Gasteiger partial charge in [0.05, 0.1) is 11.0 Å². The van der Waals surface area contributed by atoms with E-state index in [9.17, 15) is 4.79 Å². The monoisotopic (exact) mass is 399 g/mol. The van der Waals surface area contributed by atoms with E-state index in [0.717, 1.165) is 43.5 Å². The molecule has 4 bridgehead atoms. The predicted molar refractivity (Wildman–Crippen MR) is 110 cm³/mol. The molecule has 2 atom stereocenters. The molecule has 1 N–H and O–H groups in total. The minimum atomic E-state index is -0.317. The number of hydrogen-bond donors (Lipinski definition) is 1. The van der Waals surface area contributed by atoms with Crippen LogP contribution in [0.4, 0.5) is 11.4 Å².